The van der Waals surface area contributed by atoms with Crippen molar-refractivity contribution in [3.63, 3.8) is 0 Å². The van der Waals surface area contributed by atoms with E-state index in [1.807, 2.05) is 41.5 Å². The van der Waals surface area contributed by atoms with Crippen LogP contribution >= 0.6 is 11.3 Å². The Morgan fingerprint density at radius 1 is 1.15 bits per heavy atom. The lowest BCUT2D eigenvalue weighted by Gasteiger charge is -2.21. The van der Waals surface area contributed by atoms with Crippen molar-refractivity contribution in [1.82, 2.24) is 14.5 Å². The third kappa shape index (κ3) is 4.11. The van der Waals surface area contributed by atoms with E-state index in [0.717, 1.165) is 24.0 Å². The Labute approximate surface area is 163 Å². The quantitative estimate of drug-likeness (QED) is 0.618. The first-order valence-electron chi connectivity index (χ1n) is 9.36. The maximum absolute atomic E-state index is 13.1. The maximum Gasteiger partial charge on any atom is 0.263 e. The highest BCUT2D eigenvalue weighted by molar-refractivity contribution is 7.17. The van der Waals surface area contributed by atoms with Crippen LogP contribution in [-0.4, -0.2) is 33.4 Å². The van der Waals surface area contributed by atoms with Crippen LogP contribution in [0.2, 0.25) is 0 Å². The van der Waals surface area contributed by atoms with Gasteiger partial charge in [0.05, 0.1) is 11.7 Å². The van der Waals surface area contributed by atoms with Gasteiger partial charge in [-0.05, 0) is 25.3 Å². The van der Waals surface area contributed by atoms with Crippen LogP contribution in [0.15, 0.2) is 40.8 Å². The first-order valence-corrected chi connectivity index (χ1v) is 10.2. The summed E-state index contributed by atoms with van der Waals surface area (Å²) in [7, 11) is 0. The van der Waals surface area contributed by atoms with Crippen LogP contribution in [0.4, 0.5) is 0 Å². The number of thiophene rings is 1. The van der Waals surface area contributed by atoms with Crippen molar-refractivity contribution in [3.05, 3.63) is 51.9 Å². The van der Waals surface area contributed by atoms with Gasteiger partial charge in [-0.25, -0.2) is 4.98 Å². The molecule has 0 N–H and O–H groups in total. The first kappa shape index (κ1) is 19.3. The summed E-state index contributed by atoms with van der Waals surface area (Å²) in [6.45, 7) is 7.59. The SMILES string of the molecule is CCCN(CCC)C(=O)Cn1cnc2scc(-c3ccc(C)cc3)c2c1=O. The second kappa shape index (κ2) is 8.48. The molecule has 0 aliphatic carbocycles. The van der Waals surface area contributed by atoms with Crippen molar-refractivity contribution in [2.45, 2.75) is 40.2 Å². The van der Waals surface area contributed by atoms with Gasteiger partial charge in [0.15, 0.2) is 0 Å². The van der Waals surface area contributed by atoms with Gasteiger partial charge >= 0.3 is 0 Å². The highest BCUT2D eigenvalue weighted by Crippen LogP contribution is 2.30. The second-order valence-corrected chi connectivity index (χ2v) is 7.61. The Bertz CT molecular complexity index is 983. The summed E-state index contributed by atoms with van der Waals surface area (Å²) in [5, 5.41) is 2.56. The lowest BCUT2D eigenvalue weighted by Crippen LogP contribution is -2.37. The highest BCUT2D eigenvalue weighted by Gasteiger charge is 2.17. The molecule has 0 aliphatic heterocycles. The molecular weight excluding hydrogens is 358 g/mol. The number of amides is 1. The zero-order chi connectivity index (χ0) is 19.4. The van der Waals surface area contributed by atoms with Gasteiger partial charge in [-0.2, -0.15) is 0 Å². The Balaban J connectivity index is 1.97. The Morgan fingerprint density at radius 3 is 2.44 bits per heavy atom. The molecule has 0 bridgehead atoms. The number of fused-ring (bicyclic) bond motifs is 1. The molecule has 0 radical (unpaired) electrons. The summed E-state index contributed by atoms with van der Waals surface area (Å²) in [4.78, 5) is 32.7. The van der Waals surface area contributed by atoms with Crippen LogP contribution in [0.25, 0.3) is 21.3 Å². The molecule has 0 fully saturated rings. The summed E-state index contributed by atoms with van der Waals surface area (Å²) < 4.78 is 1.44. The molecule has 1 amide bonds. The Morgan fingerprint density at radius 2 is 1.81 bits per heavy atom. The average Bonchev–Trinajstić information content (AvgIpc) is 3.09. The number of benzene rings is 1. The molecule has 0 saturated heterocycles. The van der Waals surface area contributed by atoms with Gasteiger partial charge < -0.3 is 4.90 Å². The summed E-state index contributed by atoms with van der Waals surface area (Å²) in [5.41, 5.74) is 2.89. The van der Waals surface area contributed by atoms with Crippen LogP contribution in [0.1, 0.15) is 32.3 Å². The zero-order valence-corrected chi connectivity index (χ0v) is 16.9. The van der Waals surface area contributed by atoms with E-state index in [9.17, 15) is 9.59 Å². The molecule has 0 spiro atoms. The number of aromatic nitrogens is 2. The molecule has 27 heavy (non-hydrogen) atoms. The van der Waals surface area contributed by atoms with Gasteiger partial charge in [-0.1, -0.05) is 43.7 Å². The van der Waals surface area contributed by atoms with Crippen molar-refractivity contribution < 1.29 is 4.79 Å². The molecule has 0 aliphatic rings. The molecule has 142 valence electrons. The Hall–Kier alpha value is -2.47. The van der Waals surface area contributed by atoms with Crippen LogP contribution in [0.5, 0.6) is 0 Å². The van der Waals surface area contributed by atoms with E-state index < -0.39 is 0 Å². The van der Waals surface area contributed by atoms with Crippen molar-refractivity contribution in [3.8, 4) is 11.1 Å². The maximum atomic E-state index is 13.1. The number of rotatable bonds is 7. The molecule has 6 heteroatoms. The lowest BCUT2D eigenvalue weighted by molar-refractivity contribution is -0.132. The molecule has 2 aromatic heterocycles. The second-order valence-electron chi connectivity index (χ2n) is 6.75. The van der Waals surface area contributed by atoms with Crippen LogP contribution in [-0.2, 0) is 11.3 Å². The minimum atomic E-state index is -0.155. The normalized spacial score (nSPS) is 11.1. The fourth-order valence-electron chi connectivity index (χ4n) is 3.17. The van der Waals surface area contributed by atoms with Gasteiger partial charge in [0.2, 0.25) is 5.91 Å². The van der Waals surface area contributed by atoms with Crippen molar-refractivity contribution in [1.29, 1.82) is 0 Å². The molecule has 1 aromatic carbocycles. The van der Waals surface area contributed by atoms with Gasteiger partial charge in [0, 0.05) is 24.0 Å². The van der Waals surface area contributed by atoms with Crippen LogP contribution in [0.3, 0.4) is 0 Å². The molecule has 0 atom stereocenters. The van der Waals surface area contributed by atoms with E-state index in [2.05, 4.69) is 18.8 Å². The first-order chi connectivity index (χ1) is 13.0. The third-order valence-corrected chi connectivity index (χ3v) is 5.45. The lowest BCUT2D eigenvalue weighted by atomic mass is 10.1. The summed E-state index contributed by atoms with van der Waals surface area (Å²) in [5.74, 6) is -0.0333. The van der Waals surface area contributed by atoms with Gasteiger partial charge in [-0.3, -0.25) is 14.2 Å². The minimum absolute atomic E-state index is 0.0327. The largest absolute Gasteiger partial charge is 0.341 e. The average molecular weight is 384 g/mol. The third-order valence-electron chi connectivity index (χ3n) is 4.57. The molecule has 3 aromatic rings. The zero-order valence-electron chi connectivity index (χ0n) is 16.1. The van der Waals surface area contributed by atoms with Gasteiger partial charge in [0.1, 0.15) is 11.4 Å². The number of carbonyl (C=O) groups is 1. The highest BCUT2D eigenvalue weighted by atomic mass is 32.1. The summed E-state index contributed by atoms with van der Waals surface area (Å²) >= 11 is 1.46. The van der Waals surface area contributed by atoms with E-state index in [4.69, 9.17) is 0 Å². The van der Waals surface area contributed by atoms with Crippen molar-refractivity contribution >= 4 is 27.5 Å². The predicted octanol–water partition coefficient (Wildman–Crippen LogP) is 4.08. The number of aryl methyl sites for hydroxylation is 1. The van der Waals surface area contributed by atoms with E-state index in [-0.39, 0.29) is 18.0 Å². The molecule has 2 heterocycles. The molecule has 0 unspecified atom stereocenters. The van der Waals surface area contributed by atoms with Crippen molar-refractivity contribution in [2.24, 2.45) is 0 Å². The van der Waals surface area contributed by atoms with E-state index >= 15 is 0 Å². The fraction of sp³-hybridized carbons (Fsp3) is 0.381. The summed E-state index contributed by atoms with van der Waals surface area (Å²) in [6, 6.07) is 8.10. The topological polar surface area (TPSA) is 55.2 Å². The fourth-order valence-corrected chi connectivity index (χ4v) is 4.08. The number of hydrogen-bond donors (Lipinski definition) is 0. The molecule has 0 saturated carbocycles. The molecule has 5 nitrogen and oxygen atoms in total. The summed E-state index contributed by atoms with van der Waals surface area (Å²) in [6.07, 6.45) is 3.30. The van der Waals surface area contributed by atoms with E-state index in [1.54, 1.807) is 0 Å². The minimum Gasteiger partial charge on any atom is -0.341 e. The van der Waals surface area contributed by atoms with Gasteiger partial charge in [-0.15, -0.1) is 11.3 Å². The number of nitrogens with zero attached hydrogens (tertiary/aromatic N) is 3. The Kier molecular flexibility index (Phi) is 6.06. The predicted molar refractivity (Wildman–Crippen MR) is 111 cm³/mol. The number of carbonyl (C=O) groups excluding carboxylic acids is 1. The monoisotopic (exact) mass is 383 g/mol. The standard InChI is InChI=1S/C21H25N3O2S/c1-4-10-23(11-5-2)18(25)12-24-14-22-20-19(21(24)26)17(13-27-20)16-8-6-15(3)7-9-16/h6-9,13-14H,4-5,10-12H2,1-3H3. The van der Waals surface area contributed by atoms with Gasteiger partial charge in [0.25, 0.3) is 5.56 Å². The van der Waals surface area contributed by atoms with E-state index in [0.29, 0.717) is 23.3 Å². The number of hydrogen-bond acceptors (Lipinski definition) is 4. The van der Waals surface area contributed by atoms with Crippen LogP contribution in [0, 0.1) is 6.92 Å². The smallest absolute Gasteiger partial charge is 0.263 e. The van der Waals surface area contributed by atoms with Crippen LogP contribution < -0.4 is 5.56 Å². The molecule has 3 rings (SSSR count). The molecular formula is C21H25N3O2S. The van der Waals surface area contributed by atoms with Crippen molar-refractivity contribution in [2.75, 3.05) is 13.1 Å². The van der Waals surface area contributed by atoms with E-state index in [1.165, 1.54) is 27.8 Å².